The number of fused-ring (bicyclic) bond motifs is 1. The highest BCUT2D eigenvalue weighted by Crippen LogP contribution is 2.32. The van der Waals surface area contributed by atoms with Crippen LogP contribution in [0.1, 0.15) is 44.5 Å². The molecular formula is C20H23FN2OS. The molecule has 0 bridgehead atoms. The number of benzene rings is 1. The van der Waals surface area contributed by atoms with Crippen molar-refractivity contribution in [3.8, 4) is 11.1 Å². The topological polar surface area (TPSA) is 34.9 Å². The summed E-state index contributed by atoms with van der Waals surface area (Å²) in [7, 11) is 0. The number of aromatic nitrogens is 2. The minimum absolute atomic E-state index is 0.0681. The first-order valence-corrected chi connectivity index (χ1v) is 9.62. The van der Waals surface area contributed by atoms with Gasteiger partial charge in [-0.2, -0.15) is 0 Å². The van der Waals surface area contributed by atoms with Crippen molar-refractivity contribution in [3.63, 3.8) is 0 Å². The van der Waals surface area contributed by atoms with E-state index in [1.54, 1.807) is 0 Å². The maximum Gasteiger partial charge on any atom is 0.262 e. The summed E-state index contributed by atoms with van der Waals surface area (Å²) in [6.45, 7) is 5.85. The highest BCUT2D eigenvalue weighted by Gasteiger charge is 2.16. The van der Waals surface area contributed by atoms with E-state index in [1.807, 2.05) is 12.3 Å². The largest absolute Gasteiger partial charge is 0.293 e. The molecule has 132 valence electrons. The Morgan fingerprint density at radius 3 is 2.56 bits per heavy atom. The van der Waals surface area contributed by atoms with Gasteiger partial charge in [0.15, 0.2) is 0 Å². The Bertz CT molecular complexity index is 925. The predicted molar refractivity (Wildman–Crippen MR) is 103 cm³/mol. The van der Waals surface area contributed by atoms with Gasteiger partial charge in [0.05, 0.1) is 11.9 Å². The van der Waals surface area contributed by atoms with Crippen molar-refractivity contribution < 1.29 is 4.39 Å². The number of halogens is 1. The summed E-state index contributed by atoms with van der Waals surface area (Å²) in [5.74, 6) is 1.15. The molecule has 0 radical (unpaired) electrons. The average Bonchev–Trinajstić information content (AvgIpc) is 3.02. The Kier molecular flexibility index (Phi) is 5.33. The molecule has 5 heteroatoms. The van der Waals surface area contributed by atoms with Crippen LogP contribution in [-0.2, 0) is 13.0 Å². The molecule has 3 nitrogen and oxygen atoms in total. The molecule has 3 aromatic rings. The van der Waals surface area contributed by atoms with E-state index in [4.69, 9.17) is 0 Å². The Morgan fingerprint density at radius 2 is 1.96 bits per heavy atom. The average molecular weight is 358 g/mol. The summed E-state index contributed by atoms with van der Waals surface area (Å²) >= 11 is 1.48. The van der Waals surface area contributed by atoms with Gasteiger partial charge in [-0.25, -0.2) is 9.37 Å². The summed E-state index contributed by atoms with van der Waals surface area (Å²) in [6.07, 6.45) is 1.56. The maximum atomic E-state index is 13.0. The predicted octanol–water partition coefficient (Wildman–Crippen LogP) is 5.17. The van der Waals surface area contributed by atoms with Crippen LogP contribution in [0, 0.1) is 0 Å². The number of thiophene rings is 1. The second-order valence-corrected chi connectivity index (χ2v) is 7.39. The van der Waals surface area contributed by atoms with Crippen molar-refractivity contribution in [1.29, 1.82) is 0 Å². The van der Waals surface area contributed by atoms with E-state index in [2.05, 4.69) is 43.1 Å². The normalized spacial score (nSPS) is 11.6. The first kappa shape index (κ1) is 17.8. The minimum atomic E-state index is -0.563. The van der Waals surface area contributed by atoms with Gasteiger partial charge in [0.1, 0.15) is 17.3 Å². The fraction of sp³-hybridized carbons (Fsp3) is 0.400. The van der Waals surface area contributed by atoms with Gasteiger partial charge in [0, 0.05) is 17.4 Å². The summed E-state index contributed by atoms with van der Waals surface area (Å²) in [4.78, 5) is 18.4. The standard InChI is InChI=1S/C20H23FN2OS/c1-4-5-17-22-19-18(20(24)23(17)11-10-21)16(12-25-19)15-8-6-14(7-9-15)13(2)3/h6-9,12-13H,4-5,10-11H2,1-3H3. The molecule has 0 spiro atoms. The molecule has 0 saturated heterocycles. The number of hydrogen-bond donors (Lipinski definition) is 0. The lowest BCUT2D eigenvalue weighted by molar-refractivity contribution is 0.431. The monoisotopic (exact) mass is 358 g/mol. The van der Waals surface area contributed by atoms with Crippen LogP contribution in [0.5, 0.6) is 0 Å². The number of nitrogens with zero attached hydrogens (tertiary/aromatic N) is 2. The van der Waals surface area contributed by atoms with Crippen molar-refractivity contribution in [2.24, 2.45) is 0 Å². The molecule has 0 aliphatic rings. The zero-order valence-corrected chi connectivity index (χ0v) is 15.7. The lowest BCUT2D eigenvalue weighted by Gasteiger charge is -2.11. The summed E-state index contributed by atoms with van der Waals surface area (Å²) in [6, 6.07) is 8.30. The second-order valence-electron chi connectivity index (χ2n) is 6.53. The lowest BCUT2D eigenvalue weighted by atomic mass is 9.99. The minimum Gasteiger partial charge on any atom is -0.293 e. The van der Waals surface area contributed by atoms with E-state index in [1.165, 1.54) is 21.5 Å². The van der Waals surface area contributed by atoms with Crippen LogP contribution in [0.4, 0.5) is 4.39 Å². The van der Waals surface area contributed by atoms with Gasteiger partial charge in [0.25, 0.3) is 5.56 Å². The summed E-state index contributed by atoms with van der Waals surface area (Å²) in [5.41, 5.74) is 3.03. The van der Waals surface area contributed by atoms with Crippen LogP contribution in [0.15, 0.2) is 34.4 Å². The van der Waals surface area contributed by atoms with Crippen LogP contribution in [0.2, 0.25) is 0 Å². The molecule has 0 aliphatic carbocycles. The van der Waals surface area contributed by atoms with E-state index in [0.29, 0.717) is 23.5 Å². The molecule has 2 heterocycles. The van der Waals surface area contributed by atoms with Crippen LogP contribution in [-0.4, -0.2) is 16.2 Å². The smallest absolute Gasteiger partial charge is 0.262 e. The van der Waals surface area contributed by atoms with Gasteiger partial charge >= 0.3 is 0 Å². The Balaban J connectivity index is 2.17. The second kappa shape index (κ2) is 7.48. The number of alkyl halides is 1. The maximum absolute atomic E-state index is 13.0. The van der Waals surface area contributed by atoms with Crippen LogP contribution < -0.4 is 5.56 Å². The summed E-state index contributed by atoms with van der Waals surface area (Å²) < 4.78 is 14.5. The lowest BCUT2D eigenvalue weighted by Crippen LogP contribution is -2.26. The van der Waals surface area contributed by atoms with Gasteiger partial charge in [-0.15, -0.1) is 11.3 Å². The molecule has 1 aromatic carbocycles. The van der Waals surface area contributed by atoms with E-state index in [-0.39, 0.29) is 12.1 Å². The number of rotatable bonds is 6. The molecule has 0 amide bonds. The highest BCUT2D eigenvalue weighted by molar-refractivity contribution is 7.17. The van der Waals surface area contributed by atoms with Crippen molar-refractivity contribution in [1.82, 2.24) is 9.55 Å². The summed E-state index contributed by atoms with van der Waals surface area (Å²) in [5, 5.41) is 2.59. The molecule has 0 unspecified atom stereocenters. The Morgan fingerprint density at radius 1 is 1.24 bits per heavy atom. The Labute approximate surface area is 151 Å². The third kappa shape index (κ3) is 3.38. The van der Waals surface area contributed by atoms with Crippen molar-refractivity contribution in [2.45, 2.75) is 46.1 Å². The molecule has 2 aromatic heterocycles. The molecule has 0 saturated carbocycles. The van der Waals surface area contributed by atoms with E-state index >= 15 is 0 Å². The fourth-order valence-electron chi connectivity index (χ4n) is 3.06. The van der Waals surface area contributed by atoms with Crippen LogP contribution >= 0.6 is 11.3 Å². The third-order valence-corrected chi connectivity index (χ3v) is 5.32. The molecule has 0 fully saturated rings. The van der Waals surface area contributed by atoms with Gasteiger partial charge in [-0.05, 0) is 23.5 Å². The molecule has 0 N–H and O–H groups in total. The van der Waals surface area contributed by atoms with E-state index in [0.717, 1.165) is 22.4 Å². The van der Waals surface area contributed by atoms with Gasteiger partial charge < -0.3 is 0 Å². The van der Waals surface area contributed by atoms with Gasteiger partial charge in [-0.3, -0.25) is 9.36 Å². The Hall–Kier alpha value is -2.01. The first-order valence-electron chi connectivity index (χ1n) is 8.74. The SMILES string of the molecule is CCCc1nc2scc(-c3ccc(C(C)C)cc3)c2c(=O)n1CCF. The van der Waals surface area contributed by atoms with E-state index in [9.17, 15) is 9.18 Å². The van der Waals surface area contributed by atoms with Crippen molar-refractivity contribution in [3.05, 3.63) is 51.4 Å². The molecule has 3 rings (SSSR count). The zero-order valence-electron chi connectivity index (χ0n) is 14.9. The zero-order chi connectivity index (χ0) is 18.0. The highest BCUT2D eigenvalue weighted by atomic mass is 32.1. The first-order chi connectivity index (χ1) is 12.1. The molecule has 25 heavy (non-hydrogen) atoms. The number of aryl methyl sites for hydroxylation is 1. The number of hydrogen-bond acceptors (Lipinski definition) is 3. The van der Waals surface area contributed by atoms with Crippen LogP contribution in [0.25, 0.3) is 21.3 Å². The van der Waals surface area contributed by atoms with Gasteiger partial charge in [-0.1, -0.05) is 45.0 Å². The quantitative estimate of drug-likeness (QED) is 0.609. The third-order valence-electron chi connectivity index (χ3n) is 4.44. The fourth-order valence-corrected chi connectivity index (χ4v) is 4.01. The molecule has 0 aliphatic heterocycles. The molecular weight excluding hydrogens is 335 g/mol. The van der Waals surface area contributed by atoms with E-state index < -0.39 is 6.67 Å². The molecule has 0 atom stereocenters. The van der Waals surface area contributed by atoms with Gasteiger partial charge in [0.2, 0.25) is 0 Å². The van der Waals surface area contributed by atoms with Crippen molar-refractivity contribution in [2.75, 3.05) is 6.67 Å². The van der Waals surface area contributed by atoms with Crippen molar-refractivity contribution >= 4 is 21.6 Å². The van der Waals surface area contributed by atoms with Crippen LogP contribution in [0.3, 0.4) is 0 Å².